The van der Waals surface area contributed by atoms with E-state index < -0.39 is 0 Å². The van der Waals surface area contributed by atoms with Crippen LogP contribution in [0.2, 0.25) is 0 Å². The van der Waals surface area contributed by atoms with Crippen LogP contribution in [0.5, 0.6) is 0 Å². The van der Waals surface area contributed by atoms with Crippen molar-refractivity contribution in [2.24, 2.45) is 19.1 Å². The van der Waals surface area contributed by atoms with Gasteiger partial charge in [-0.05, 0) is 25.7 Å². The highest BCUT2D eigenvalue weighted by Crippen LogP contribution is 2.23. The molecule has 0 unspecified atom stereocenters. The summed E-state index contributed by atoms with van der Waals surface area (Å²) in [6.07, 6.45) is 6.14. The highest BCUT2D eigenvalue weighted by molar-refractivity contribution is 5.74. The summed E-state index contributed by atoms with van der Waals surface area (Å²) < 4.78 is 9.98. The number of anilines is 1. The van der Waals surface area contributed by atoms with Crippen LogP contribution in [-0.4, -0.2) is 75.9 Å². The predicted molar refractivity (Wildman–Crippen MR) is 117 cm³/mol. The first-order chi connectivity index (χ1) is 14.6. The summed E-state index contributed by atoms with van der Waals surface area (Å²) >= 11 is 0. The average molecular weight is 418 g/mol. The van der Waals surface area contributed by atoms with Gasteiger partial charge in [-0.1, -0.05) is 0 Å². The van der Waals surface area contributed by atoms with E-state index in [0.29, 0.717) is 24.3 Å². The zero-order valence-electron chi connectivity index (χ0n) is 17.9. The molecule has 164 valence electrons. The molecule has 2 aromatic rings. The Labute approximate surface area is 175 Å². The van der Waals surface area contributed by atoms with Gasteiger partial charge in [0.2, 0.25) is 5.95 Å². The standard InChI is InChI=1S/C20H31N7O3/c1-23-17-16(18(28)24(2)20(23)29)27(19(22-17)26-8-4-3-5-9-26)10-6-7-21-15-25-11-13-30-14-12-25/h15H,3-14H2,1-2H3. The number of morpholine rings is 1. The van der Waals surface area contributed by atoms with E-state index in [2.05, 4.69) is 14.8 Å². The van der Waals surface area contributed by atoms with Crippen molar-refractivity contribution >= 4 is 23.5 Å². The van der Waals surface area contributed by atoms with Crippen LogP contribution in [0.25, 0.3) is 11.2 Å². The fourth-order valence-electron chi connectivity index (χ4n) is 4.17. The molecule has 0 spiro atoms. The molecule has 0 amide bonds. The molecule has 30 heavy (non-hydrogen) atoms. The van der Waals surface area contributed by atoms with E-state index in [-0.39, 0.29) is 11.2 Å². The first-order valence-electron chi connectivity index (χ1n) is 10.8. The number of aryl methyl sites for hydroxylation is 2. The van der Waals surface area contributed by atoms with Gasteiger partial charge in [0.1, 0.15) is 0 Å². The van der Waals surface area contributed by atoms with Gasteiger partial charge in [-0.3, -0.25) is 18.9 Å². The summed E-state index contributed by atoms with van der Waals surface area (Å²) in [5.74, 6) is 0.792. The summed E-state index contributed by atoms with van der Waals surface area (Å²) in [6.45, 7) is 6.39. The number of hydrogen-bond acceptors (Lipinski definition) is 6. The second-order valence-corrected chi connectivity index (χ2v) is 8.01. The normalized spacial score (nSPS) is 18.1. The first-order valence-corrected chi connectivity index (χ1v) is 10.8. The zero-order chi connectivity index (χ0) is 21.1. The van der Waals surface area contributed by atoms with Gasteiger partial charge in [0.15, 0.2) is 11.2 Å². The van der Waals surface area contributed by atoms with Crippen molar-refractivity contribution in [2.75, 3.05) is 50.8 Å². The molecule has 0 radical (unpaired) electrons. The van der Waals surface area contributed by atoms with Crippen LogP contribution in [-0.2, 0) is 25.4 Å². The number of fused-ring (bicyclic) bond motifs is 1. The van der Waals surface area contributed by atoms with Crippen molar-refractivity contribution in [3.05, 3.63) is 20.8 Å². The van der Waals surface area contributed by atoms with Crippen molar-refractivity contribution in [2.45, 2.75) is 32.2 Å². The second kappa shape index (κ2) is 9.03. The molecule has 0 saturated carbocycles. The van der Waals surface area contributed by atoms with Gasteiger partial charge in [-0.2, -0.15) is 4.98 Å². The molecule has 2 saturated heterocycles. The fourth-order valence-corrected chi connectivity index (χ4v) is 4.17. The largest absolute Gasteiger partial charge is 0.378 e. The van der Waals surface area contributed by atoms with E-state index in [4.69, 9.17) is 9.72 Å². The van der Waals surface area contributed by atoms with Crippen molar-refractivity contribution in [3.8, 4) is 0 Å². The summed E-state index contributed by atoms with van der Waals surface area (Å²) in [4.78, 5) is 39.0. The molecular weight excluding hydrogens is 386 g/mol. The highest BCUT2D eigenvalue weighted by atomic mass is 16.5. The SMILES string of the molecule is Cn1c(=O)c2c(nc(N3CCCCC3)n2CCCN=CN2CCOCC2)n(C)c1=O. The van der Waals surface area contributed by atoms with E-state index in [0.717, 1.165) is 69.2 Å². The molecule has 10 heteroatoms. The lowest BCUT2D eigenvalue weighted by Gasteiger charge is -2.28. The van der Waals surface area contributed by atoms with Crippen molar-refractivity contribution < 1.29 is 4.74 Å². The van der Waals surface area contributed by atoms with Crippen LogP contribution in [0.1, 0.15) is 25.7 Å². The topological polar surface area (TPSA) is 89.9 Å². The Kier molecular flexibility index (Phi) is 6.21. The van der Waals surface area contributed by atoms with Gasteiger partial charge in [0.25, 0.3) is 5.56 Å². The van der Waals surface area contributed by atoms with Crippen LogP contribution in [0.3, 0.4) is 0 Å². The van der Waals surface area contributed by atoms with Gasteiger partial charge >= 0.3 is 5.69 Å². The van der Waals surface area contributed by atoms with E-state index in [9.17, 15) is 9.59 Å². The molecule has 0 N–H and O–H groups in total. The minimum Gasteiger partial charge on any atom is -0.378 e. The Morgan fingerprint density at radius 3 is 2.50 bits per heavy atom. The number of ether oxygens (including phenoxy) is 1. The second-order valence-electron chi connectivity index (χ2n) is 8.01. The molecule has 4 heterocycles. The Morgan fingerprint density at radius 2 is 1.77 bits per heavy atom. The molecule has 2 aliphatic heterocycles. The van der Waals surface area contributed by atoms with Crippen LogP contribution in [0.4, 0.5) is 5.95 Å². The van der Waals surface area contributed by atoms with Gasteiger partial charge in [-0.15, -0.1) is 0 Å². The number of imidazole rings is 1. The number of hydrogen-bond donors (Lipinski definition) is 0. The van der Waals surface area contributed by atoms with Gasteiger partial charge in [0, 0.05) is 53.4 Å². The number of rotatable bonds is 6. The molecule has 2 fully saturated rings. The third-order valence-corrected chi connectivity index (χ3v) is 5.93. The van der Waals surface area contributed by atoms with E-state index in [1.807, 2.05) is 10.9 Å². The van der Waals surface area contributed by atoms with Crippen LogP contribution in [0.15, 0.2) is 14.6 Å². The Bertz CT molecular complexity index is 1020. The maximum Gasteiger partial charge on any atom is 0.332 e. The lowest BCUT2D eigenvalue weighted by molar-refractivity contribution is 0.0700. The van der Waals surface area contributed by atoms with Crippen LogP contribution < -0.4 is 16.1 Å². The summed E-state index contributed by atoms with van der Waals surface area (Å²) in [6, 6.07) is 0. The quantitative estimate of drug-likeness (QED) is 0.378. The molecule has 0 atom stereocenters. The minimum absolute atomic E-state index is 0.291. The van der Waals surface area contributed by atoms with Gasteiger partial charge in [0.05, 0.1) is 19.6 Å². The molecule has 0 aromatic carbocycles. The average Bonchev–Trinajstić information content (AvgIpc) is 3.17. The maximum absolute atomic E-state index is 12.9. The number of piperidine rings is 1. The molecule has 0 aliphatic carbocycles. The zero-order valence-corrected chi connectivity index (χ0v) is 17.9. The van der Waals surface area contributed by atoms with Crippen molar-refractivity contribution in [1.29, 1.82) is 0 Å². The minimum atomic E-state index is -0.350. The monoisotopic (exact) mass is 417 g/mol. The summed E-state index contributed by atoms with van der Waals surface area (Å²) in [5, 5.41) is 0. The molecule has 4 rings (SSSR count). The lowest BCUT2D eigenvalue weighted by atomic mass is 10.1. The van der Waals surface area contributed by atoms with Crippen molar-refractivity contribution in [3.63, 3.8) is 0 Å². The number of aliphatic imine (C=N–C) groups is 1. The number of nitrogens with zero attached hydrogens (tertiary/aromatic N) is 7. The first kappa shape index (κ1) is 20.6. The van der Waals surface area contributed by atoms with E-state index in [1.165, 1.54) is 18.0 Å². The van der Waals surface area contributed by atoms with E-state index in [1.54, 1.807) is 7.05 Å². The Morgan fingerprint density at radius 1 is 1.03 bits per heavy atom. The molecular formula is C20H31N7O3. The van der Waals surface area contributed by atoms with Gasteiger partial charge in [-0.25, -0.2) is 4.79 Å². The smallest absolute Gasteiger partial charge is 0.332 e. The third kappa shape index (κ3) is 4.00. The molecule has 10 nitrogen and oxygen atoms in total. The Balaban J connectivity index is 1.60. The van der Waals surface area contributed by atoms with Crippen molar-refractivity contribution in [1.82, 2.24) is 23.6 Å². The third-order valence-electron chi connectivity index (χ3n) is 5.93. The predicted octanol–water partition coefficient (Wildman–Crippen LogP) is 0.175. The maximum atomic E-state index is 12.9. The van der Waals surface area contributed by atoms with Gasteiger partial charge < -0.3 is 19.1 Å². The lowest BCUT2D eigenvalue weighted by Crippen LogP contribution is -2.37. The fraction of sp³-hybridized carbons (Fsp3) is 0.700. The number of aromatic nitrogens is 4. The summed E-state index contributed by atoms with van der Waals surface area (Å²) in [5.41, 5.74) is 0.316. The molecule has 2 aromatic heterocycles. The summed E-state index contributed by atoms with van der Waals surface area (Å²) in [7, 11) is 3.20. The Hall–Kier alpha value is -2.62. The molecule has 0 bridgehead atoms. The van der Waals surface area contributed by atoms with E-state index >= 15 is 0 Å². The van der Waals surface area contributed by atoms with Crippen LogP contribution >= 0.6 is 0 Å². The molecule has 2 aliphatic rings. The highest BCUT2D eigenvalue weighted by Gasteiger charge is 2.23. The van der Waals surface area contributed by atoms with Crippen LogP contribution in [0, 0.1) is 0 Å².